The molecule has 1 heterocycles. The van der Waals surface area contributed by atoms with E-state index in [0.717, 1.165) is 12.1 Å². The quantitative estimate of drug-likeness (QED) is 0.475. The van der Waals surface area contributed by atoms with Gasteiger partial charge in [0.15, 0.2) is 14.4 Å². The first-order valence-corrected chi connectivity index (χ1v) is 13.6. The number of methoxy groups -OCH3 is 2. The molecule has 0 bridgehead atoms. The van der Waals surface area contributed by atoms with Crippen LogP contribution < -0.4 is 0 Å². The molecule has 1 aromatic carbocycles. The molecule has 32 heavy (non-hydrogen) atoms. The summed E-state index contributed by atoms with van der Waals surface area (Å²) in [6.07, 6.45) is -5.08. The largest absolute Gasteiger partial charge is 0.483 e. The third-order valence-corrected chi connectivity index (χ3v) is 10.6. The lowest BCUT2D eigenvalue weighted by Crippen LogP contribution is -2.47. The Hall–Kier alpha value is -1.87. The van der Waals surface area contributed by atoms with E-state index in [1.165, 1.54) is 19.2 Å². The fraction of sp³-hybridized carbons (Fsp3) is 0.652. The zero-order chi connectivity index (χ0) is 24.5. The highest BCUT2D eigenvalue weighted by molar-refractivity contribution is 6.74. The lowest BCUT2D eigenvalue weighted by atomic mass is 9.97. The van der Waals surface area contributed by atoms with Crippen LogP contribution in [0.1, 0.15) is 51.8 Å². The second kappa shape index (κ2) is 9.55. The van der Waals surface area contributed by atoms with Crippen molar-refractivity contribution in [3.8, 4) is 0 Å². The molecule has 1 aliphatic rings. The predicted octanol–water partition coefficient (Wildman–Crippen LogP) is 6.26. The summed E-state index contributed by atoms with van der Waals surface area (Å²) in [6.45, 7) is 14.5. The lowest BCUT2D eigenvalue weighted by molar-refractivity contribution is -0.137. The molecule has 3 atom stereocenters. The Morgan fingerprint density at radius 3 is 1.75 bits per heavy atom. The van der Waals surface area contributed by atoms with E-state index in [4.69, 9.17) is 23.9 Å². The first kappa shape index (κ1) is 26.4. The SMILES string of the molecule is COC1=N[C@H](C(C)C)C(OC)=N[C@H]1C(O[Si](C)(C)C(C)(C)C)c1ccc(C(F)(F)F)cc1. The van der Waals surface area contributed by atoms with Crippen molar-refractivity contribution in [3.05, 3.63) is 35.4 Å². The van der Waals surface area contributed by atoms with Gasteiger partial charge >= 0.3 is 6.18 Å². The van der Waals surface area contributed by atoms with Crippen molar-refractivity contribution in [2.45, 2.75) is 77.1 Å². The number of alkyl halides is 3. The Kier molecular flexibility index (Phi) is 7.87. The van der Waals surface area contributed by atoms with Crippen LogP contribution in [0.2, 0.25) is 18.1 Å². The highest BCUT2D eigenvalue weighted by Crippen LogP contribution is 2.42. The summed E-state index contributed by atoms with van der Waals surface area (Å²) < 4.78 is 57.2. The molecule has 0 radical (unpaired) electrons. The van der Waals surface area contributed by atoms with Gasteiger partial charge in [-0.1, -0.05) is 46.8 Å². The van der Waals surface area contributed by atoms with Gasteiger partial charge in [-0.3, -0.25) is 0 Å². The van der Waals surface area contributed by atoms with Gasteiger partial charge < -0.3 is 13.9 Å². The monoisotopic (exact) mass is 472 g/mol. The maximum Gasteiger partial charge on any atom is 0.416 e. The fourth-order valence-electron chi connectivity index (χ4n) is 3.19. The molecule has 0 N–H and O–H groups in total. The van der Waals surface area contributed by atoms with Gasteiger partial charge in [-0.15, -0.1) is 0 Å². The van der Waals surface area contributed by atoms with E-state index in [0.29, 0.717) is 17.4 Å². The molecule has 1 aliphatic heterocycles. The molecule has 1 aromatic rings. The molecule has 9 heteroatoms. The Morgan fingerprint density at radius 1 is 0.875 bits per heavy atom. The molecule has 0 spiro atoms. The number of rotatable bonds is 5. The molecule has 0 fully saturated rings. The molecule has 0 saturated heterocycles. The summed E-state index contributed by atoms with van der Waals surface area (Å²) in [5.74, 6) is 0.972. The summed E-state index contributed by atoms with van der Waals surface area (Å²) in [6, 6.07) is 4.07. The molecule has 1 unspecified atom stereocenters. The molecule has 180 valence electrons. The normalized spacial score (nSPS) is 21.2. The van der Waals surface area contributed by atoms with Crippen LogP contribution in [-0.2, 0) is 20.1 Å². The van der Waals surface area contributed by atoms with Gasteiger partial charge in [0, 0.05) is 0 Å². The molecule has 0 aromatic heterocycles. The zero-order valence-corrected chi connectivity index (χ0v) is 21.4. The van der Waals surface area contributed by atoms with Gasteiger partial charge in [-0.05, 0) is 41.7 Å². The van der Waals surface area contributed by atoms with E-state index in [9.17, 15) is 13.2 Å². The van der Waals surface area contributed by atoms with E-state index in [-0.39, 0.29) is 17.0 Å². The summed E-state index contributed by atoms with van der Waals surface area (Å²) in [4.78, 5) is 9.51. The Morgan fingerprint density at radius 2 is 1.34 bits per heavy atom. The van der Waals surface area contributed by atoms with Gasteiger partial charge in [-0.25, -0.2) is 9.98 Å². The van der Waals surface area contributed by atoms with E-state index >= 15 is 0 Å². The molecule has 2 rings (SSSR count). The van der Waals surface area contributed by atoms with Crippen LogP contribution in [-0.4, -0.2) is 46.4 Å². The van der Waals surface area contributed by atoms with Crippen LogP contribution in [0.5, 0.6) is 0 Å². The Labute approximate surface area is 190 Å². The number of hydrogen-bond donors (Lipinski definition) is 0. The van der Waals surface area contributed by atoms with Gasteiger partial charge in [-0.2, -0.15) is 13.2 Å². The highest BCUT2D eigenvalue weighted by atomic mass is 28.4. The third kappa shape index (κ3) is 5.73. The summed E-state index contributed by atoms with van der Waals surface area (Å²) in [7, 11) is 0.721. The number of benzene rings is 1. The minimum Gasteiger partial charge on any atom is -0.483 e. The van der Waals surface area contributed by atoms with Crippen molar-refractivity contribution in [2.75, 3.05) is 14.2 Å². The topological polar surface area (TPSA) is 52.4 Å². The van der Waals surface area contributed by atoms with Crippen molar-refractivity contribution in [3.63, 3.8) is 0 Å². The number of halogens is 3. The average molecular weight is 473 g/mol. The van der Waals surface area contributed by atoms with E-state index in [1.54, 1.807) is 7.11 Å². The smallest absolute Gasteiger partial charge is 0.416 e. The molecule has 0 amide bonds. The third-order valence-electron chi connectivity index (χ3n) is 6.17. The molecular weight excluding hydrogens is 437 g/mol. The van der Waals surface area contributed by atoms with Crippen molar-refractivity contribution in [1.82, 2.24) is 0 Å². The number of aliphatic imine (C=N–C) groups is 2. The number of ether oxygens (including phenoxy) is 2. The van der Waals surface area contributed by atoms with Crippen LogP contribution in [0.15, 0.2) is 34.3 Å². The number of nitrogens with zero attached hydrogens (tertiary/aromatic N) is 2. The molecule has 5 nitrogen and oxygen atoms in total. The standard InChI is InChI=1S/C23H35F3N2O3Si/c1-14(2)17-20(29-6)28-18(21(27-17)30-7)19(31-32(8,9)22(3,4)5)15-10-12-16(13-11-15)23(24,25)26/h10-14,17-19H,1-9H3/t17-,18+,19?/m1/s1. The lowest BCUT2D eigenvalue weighted by Gasteiger charge is -2.41. The van der Waals surface area contributed by atoms with E-state index in [2.05, 4.69) is 33.9 Å². The second-order valence-corrected chi connectivity index (χ2v) is 14.7. The first-order chi connectivity index (χ1) is 14.6. The van der Waals surface area contributed by atoms with E-state index < -0.39 is 32.2 Å². The Balaban J connectivity index is 2.60. The second-order valence-electron chi connectivity index (χ2n) is 9.90. The van der Waals surface area contributed by atoms with Crippen LogP contribution in [0.3, 0.4) is 0 Å². The molecule has 0 aliphatic carbocycles. The summed E-state index contributed by atoms with van der Waals surface area (Å²) >= 11 is 0. The Bertz CT molecular complexity index is 844. The minimum absolute atomic E-state index is 0.121. The maximum absolute atomic E-state index is 13.1. The first-order valence-electron chi connectivity index (χ1n) is 10.7. The molecule has 0 saturated carbocycles. The number of hydrogen-bond acceptors (Lipinski definition) is 5. The van der Waals surface area contributed by atoms with Crippen molar-refractivity contribution in [2.24, 2.45) is 15.9 Å². The van der Waals surface area contributed by atoms with Crippen LogP contribution >= 0.6 is 0 Å². The summed E-state index contributed by atoms with van der Waals surface area (Å²) in [5, 5.41) is -0.121. The summed E-state index contributed by atoms with van der Waals surface area (Å²) in [5.41, 5.74) is -0.127. The van der Waals surface area contributed by atoms with Crippen LogP contribution in [0, 0.1) is 5.92 Å². The van der Waals surface area contributed by atoms with Crippen LogP contribution in [0.4, 0.5) is 13.2 Å². The van der Waals surface area contributed by atoms with Crippen molar-refractivity contribution >= 4 is 20.1 Å². The van der Waals surface area contributed by atoms with Gasteiger partial charge in [0.05, 0.1) is 19.8 Å². The highest BCUT2D eigenvalue weighted by Gasteiger charge is 2.44. The minimum atomic E-state index is -4.41. The van der Waals surface area contributed by atoms with Crippen molar-refractivity contribution < 1.29 is 27.1 Å². The zero-order valence-electron chi connectivity index (χ0n) is 20.4. The van der Waals surface area contributed by atoms with E-state index in [1.807, 2.05) is 13.8 Å². The fourth-order valence-corrected chi connectivity index (χ4v) is 4.44. The maximum atomic E-state index is 13.1. The van der Waals surface area contributed by atoms with Gasteiger partial charge in [0.1, 0.15) is 12.1 Å². The van der Waals surface area contributed by atoms with Crippen LogP contribution in [0.25, 0.3) is 0 Å². The van der Waals surface area contributed by atoms with Gasteiger partial charge in [0.25, 0.3) is 0 Å². The average Bonchev–Trinajstić information content (AvgIpc) is 2.69. The predicted molar refractivity (Wildman–Crippen MR) is 124 cm³/mol. The molecular formula is C23H35F3N2O3Si. The van der Waals surface area contributed by atoms with Gasteiger partial charge in [0.2, 0.25) is 11.8 Å². The van der Waals surface area contributed by atoms with Crippen molar-refractivity contribution in [1.29, 1.82) is 0 Å².